The summed E-state index contributed by atoms with van der Waals surface area (Å²) in [7, 11) is 0. The summed E-state index contributed by atoms with van der Waals surface area (Å²) in [6.07, 6.45) is -1.72. The Morgan fingerprint density at radius 3 is 1.98 bits per heavy atom. The normalized spacial score (nSPS) is 14.3. The SMILES string of the molecule is CC(=O)N1c2c(nc(SC[C@H](N)C(=O)NCCOCCOCCOCCOCCOCCCCCCCl)n2Cc2ccccc2)C(=O)NC1N.O=C(O)C(F)(F)F. The first-order chi connectivity index (χ1) is 27.3. The van der Waals surface area contributed by atoms with Crippen LogP contribution in [0.1, 0.15) is 48.7 Å². The number of aromatic nitrogens is 2. The van der Waals surface area contributed by atoms with Gasteiger partial charge in [-0.05, 0) is 18.4 Å². The molecule has 1 unspecified atom stereocenters. The minimum absolute atomic E-state index is 0.0783. The largest absolute Gasteiger partial charge is 0.490 e. The average molecular weight is 856 g/mol. The molecule has 0 spiro atoms. The van der Waals surface area contributed by atoms with Gasteiger partial charge in [0.15, 0.2) is 23.0 Å². The zero-order valence-corrected chi connectivity index (χ0v) is 33.4. The third kappa shape index (κ3) is 19.6. The molecule has 2 aromatic rings. The first-order valence-electron chi connectivity index (χ1n) is 18.2. The van der Waals surface area contributed by atoms with Gasteiger partial charge in [0.1, 0.15) is 0 Å². The Balaban J connectivity index is 0.00000146. The molecule has 322 valence electrons. The molecule has 57 heavy (non-hydrogen) atoms. The number of thioether (sulfide) groups is 1. The summed E-state index contributed by atoms with van der Waals surface area (Å²) in [5.74, 6) is -2.74. The number of anilines is 1. The van der Waals surface area contributed by atoms with E-state index in [4.69, 9.17) is 56.7 Å². The number of carbonyl (C=O) groups excluding carboxylic acids is 3. The monoisotopic (exact) mass is 855 g/mol. The number of nitrogens with one attached hydrogen (secondary N) is 2. The molecule has 0 saturated carbocycles. The van der Waals surface area contributed by atoms with Crippen LogP contribution in [0.4, 0.5) is 19.0 Å². The molecule has 3 amide bonds. The number of alkyl halides is 4. The molecule has 2 atom stereocenters. The summed E-state index contributed by atoms with van der Waals surface area (Å²) in [5.41, 5.74) is 13.3. The molecule has 1 aromatic carbocycles. The Hall–Kier alpha value is -3.54. The molecule has 1 aliphatic rings. The highest BCUT2D eigenvalue weighted by molar-refractivity contribution is 7.99. The predicted molar refractivity (Wildman–Crippen MR) is 205 cm³/mol. The summed E-state index contributed by atoms with van der Waals surface area (Å²) < 4.78 is 61.0. The van der Waals surface area contributed by atoms with Crippen molar-refractivity contribution in [3.05, 3.63) is 41.6 Å². The van der Waals surface area contributed by atoms with Crippen molar-refractivity contribution in [2.24, 2.45) is 11.5 Å². The number of fused-ring (bicyclic) bond motifs is 1. The van der Waals surface area contributed by atoms with Crippen molar-refractivity contribution in [2.45, 2.75) is 62.8 Å². The zero-order valence-electron chi connectivity index (χ0n) is 31.8. The highest BCUT2D eigenvalue weighted by atomic mass is 35.5. The van der Waals surface area contributed by atoms with E-state index in [0.717, 1.165) is 43.7 Å². The molecular weight excluding hydrogens is 803 g/mol. The third-order valence-corrected chi connectivity index (χ3v) is 8.97. The fourth-order valence-corrected chi connectivity index (χ4v) is 5.97. The fourth-order valence-electron chi connectivity index (χ4n) is 4.83. The summed E-state index contributed by atoms with van der Waals surface area (Å²) in [4.78, 5) is 52.6. The second-order valence-corrected chi connectivity index (χ2v) is 13.5. The number of aliphatic carboxylic acids is 1. The average Bonchev–Trinajstić information content (AvgIpc) is 3.52. The summed E-state index contributed by atoms with van der Waals surface area (Å²) >= 11 is 6.87. The number of benzene rings is 1. The van der Waals surface area contributed by atoms with E-state index in [1.165, 1.54) is 23.6 Å². The Morgan fingerprint density at radius 2 is 1.46 bits per heavy atom. The van der Waals surface area contributed by atoms with Gasteiger partial charge in [-0.2, -0.15) is 13.2 Å². The van der Waals surface area contributed by atoms with Crippen LogP contribution in [-0.2, 0) is 44.6 Å². The maximum atomic E-state index is 12.7. The maximum Gasteiger partial charge on any atom is 0.490 e. The minimum Gasteiger partial charge on any atom is -0.475 e. The number of imidazole rings is 1. The number of nitrogens with zero attached hydrogens (tertiary/aromatic N) is 3. The number of rotatable bonds is 27. The number of amides is 3. The molecule has 17 nitrogen and oxygen atoms in total. The molecule has 2 heterocycles. The lowest BCUT2D eigenvalue weighted by Gasteiger charge is -2.33. The van der Waals surface area contributed by atoms with E-state index in [9.17, 15) is 27.6 Å². The summed E-state index contributed by atoms with van der Waals surface area (Å²) in [5, 5.41) is 12.9. The van der Waals surface area contributed by atoms with E-state index >= 15 is 0 Å². The van der Waals surface area contributed by atoms with Crippen LogP contribution in [0, 0.1) is 0 Å². The molecule has 0 fully saturated rings. The maximum absolute atomic E-state index is 12.7. The molecule has 1 aromatic heterocycles. The molecule has 0 bridgehead atoms. The van der Waals surface area contributed by atoms with Crippen LogP contribution in [0.5, 0.6) is 0 Å². The lowest BCUT2D eigenvalue weighted by atomic mass is 10.2. The molecule has 1 aliphatic heterocycles. The van der Waals surface area contributed by atoms with Crippen LogP contribution in [-0.4, -0.2) is 141 Å². The summed E-state index contributed by atoms with van der Waals surface area (Å²) in [6.45, 7) is 6.82. The van der Waals surface area contributed by atoms with Crippen molar-refractivity contribution >= 4 is 52.9 Å². The van der Waals surface area contributed by atoms with Crippen molar-refractivity contribution in [3.63, 3.8) is 0 Å². The number of hydrogen-bond donors (Lipinski definition) is 5. The Kier molecular flexibility index (Phi) is 24.4. The number of carbonyl (C=O) groups is 4. The lowest BCUT2D eigenvalue weighted by molar-refractivity contribution is -0.192. The first kappa shape index (κ1) is 49.6. The smallest absolute Gasteiger partial charge is 0.475 e. The van der Waals surface area contributed by atoms with Crippen LogP contribution in [0.3, 0.4) is 0 Å². The van der Waals surface area contributed by atoms with Gasteiger partial charge in [0.05, 0.1) is 72.0 Å². The van der Waals surface area contributed by atoms with Crippen LogP contribution in [0.15, 0.2) is 35.5 Å². The Labute approximate surface area is 338 Å². The number of halogens is 4. The van der Waals surface area contributed by atoms with Crippen LogP contribution in [0.2, 0.25) is 0 Å². The lowest BCUT2D eigenvalue weighted by Crippen LogP contribution is -2.60. The Morgan fingerprint density at radius 1 is 0.930 bits per heavy atom. The van der Waals surface area contributed by atoms with E-state index < -0.39 is 30.4 Å². The van der Waals surface area contributed by atoms with Crippen LogP contribution >= 0.6 is 23.4 Å². The zero-order chi connectivity index (χ0) is 42.1. The molecule has 0 saturated heterocycles. The number of carboxylic acid groups (broad SMARTS) is 1. The van der Waals surface area contributed by atoms with E-state index in [-0.39, 0.29) is 29.8 Å². The van der Waals surface area contributed by atoms with Crippen LogP contribution in [0.25, 0.3) is 0 Å². The second-order valence-electron chi connectivity index (χ2n) is 12.1. The van der Waals surface area contributed by atoms with Crippen molar-refractivity contribution < 1.29 is 61.1 Å². The van der Waals surface area contributed by atoms with Gasteiger partial charge in [-0.25, -0.2) is 9.78 Å². The first-order valence-corrected chi connectivity index (χ1v) is 19.7. The van der Waals surface area contributed by atoms with Gasteiger partial charge in [-0.1, -0.05) is 54.9 Å². The molecule has 0 radical (unpaired) electrons. The molecule has 0 aliphatic carbocycles. The number of unbranched alkanes of at least 4 members (excludes halogenated alkanes) is 3. The number of hydrogen-bond acceptors (Lipinski definition) is 13. The van der Waals surface area contributed by atoms with Gasteiger partial charge < -0.3 is 49.7 Å². The number of carboxylic acids is 1. The van der Waals surface area contributed by atoms with Gasteiger partial charge in [0.25, 0.3) is 5.91 Å². The fraction of sp³-hybridized carbons (Fsp3) is 0.629. The van der Waals surface area contributed by atoms with Crippen molar-refractivity contribution in [1.29, 1.82) is 0 Å². The van der Waals surface area contributed by atoms with E-state index in [0.29, 0.717) is 77.0 Å². The topological polar surface area (TPSA) is 232 Å². The number of ether oxygens (including phenoxy) is 5. The number of nitrogens with two attached hydrogens (primary N) is 2. The van der Waals surface area contributed by atoms with Crippen molar-refractivity contribution in [3.8, 4) is 0 Å². The Bertz CT molecular complexity index is 1500. The third-order valence-electron chi connectivity index (χ3n) is 7.61. The van der Waals surface area contributed by atoms with Gasteiger partial charge in [-0.15, -0.1) is 11.6 Å². The van der Waals surface area contributed by atoms with E-state index in [1.807, 2.05) is 30.3 Å². The quantitative estimate of drug-likeness (QED) is 0.0494. The van der Waals surface area contributed by atoms with E-state index in [2.05, 4.69) is 15.6 Å². The van der Waals surface area contributed by atoms with Gasteiger partial charge in [0, 0.05) is 31.7 Å². The standard InChI is InChI=1S/C33H52ClN7O8S.C2HF3O2/c1-25(42)41-31-28(30(44)39-32(41)36)38-33(40(31)23-26-9-5-4-6-10-26)50-24-27(35)29(43)37-12-14-46-16-18-48-20-22-49-21-19-47-17-15-45-13-8-3-2-7-11-34;3-2(4,5)1(6)7/h4-6,9-10,27,32H,2-3,7-8,11-24,35-36H2,1H3,(H,37,43)(H,39,44);(H,6,7)/t27-,32?;/m0./s1. The molecular formula is C35H53ClF3N7O10S. The molecule has 3 rings (SSSR count). The van der Waals surface area contributed by atoms with Gasteiger partial charge in [0.2, 0.25) is 11.8 Å². The summed E-state index contributed by atoms with van der Waals surface area (Å²) in [6, 6.07) is 8.68. The van der Waals surface area contributed by atoms with E-state index in [1.54, 1.807) is 4.57 Å². The van der Waals surface area contributed by atoms with Crippen molar-refractivity contribution in [2.75, 3.05) is 89.1 Å². The van der Waals surface area contributed by atoms with Gasteiger partial charge >= 0.3 is 12.1 Å². The van der Waals surface area contributed by atoms with Gasteiger partial charge in [-0.3, -0.25) is 25.0 Å². The van der Waals surface area contributed by atoms with Crippen molar-refractivity contribution in [1.82, 2.24) is 20.2 Å². The highest BCUT2D eigenvalue weighted by Crippen LogP contribution is 2.32. The second kappa shape index (κ2) is 28.0. The predicted octanol–water partition coefficient (Wildman–Crippen LogP) is 2.32. The van der Waals surface area contributed by atoms with Crippen LogP contribution < -0.4 is 27.0 Å². The molecule has 22 heteroatoms. The minimum atomic E-state index is -5.08. The molecule has 7 N–H and O–H groups in total. The highest BCUT2D eigenvalue weighted by Gasteiger charge is 2.39.